The second-order valence-electron chi connectivity index (χ2n) is 8.39. The van der Waals surface area contributed by atoms with E-state index in [1.165, 1.54) is 44.1 Å². The topological polar surface area (TPSA) is 18.5 Å². The highest BCUT2D eigenvalue weighted by Gasteiger charge is 2.22. The Morgan fingerprint density at radius 2 is 1.40 bits per heavy atom. The summed E-state index contributed by atoms with van der Waals surface area (Å²) in [6, 6.07) is 10.1. The van der Waals surface area contributed by atoms with Crippen LogP contribution in [0.3, 0.4) is 0 Å². The largest absolute Gasteiger partial charge is 0.494 e. The third-order valence-electron chi connectivity index (χ3n) is 5.99. The molecule has 2 aromatic carbocycles. The van der Waals surface area contributed by atoms with Gasteiger partial charge in [0.2, 0.25) is 0 Å². The van der Waals surface area contributed by atoms with E-state index in [-0.39, 0.29) is 5.82 Å². The maximum atomic E-state index is 15.0. The summed E-state index contributed by atoms with van der Waals surface area (Å²) in [5.74, 6) is 1.15. The van der Waals surface area contributed by atoms with Crippen molar-refractivity contribution in [3.05, 3.63) is 47.3 Å². The Balaban J connectivity index is 1.61. The molecule has 0 saturated carbocycles. The van der Waals surface area contributed by atoms with Gasteiger partial charge in [-0.05, 0) is 66.1 Å². The molecule has 0 N–H and O–H groups in total. The molecule has 1 aliphatic rings. The molecular weight excluding hydrogens is 375 g/mol. The van der Waals surface area contributed by atoms with Crippen LogP contribution in [0.25, 0.3) is 11.1 Å². The molecule has 0 saturated heterocycles. The Morgan fingerprint density at radius 1 is 0.733 bits per heavy atom. The highest BCUT2D eigenvalue weighted by molar-refractivity contribution is 5.75. The smallest absolute Gasteiger partial charge is 0.168 e. The molecule has 2 nitrogen and oxygen atoms in total. The quantitative estimate of drug-likeness (QED) is 0.311. The molecule has 0 unspecified atom stereocenters. The maximum absolute atomic E-state index is 15.0. The van der Waals surface area contributed by atoms with Gasteiger partial charge in [-0.1, -0.05) is 70.9 Å². The van der Waals surface area contributed by atoms with Crippen molar-refractivity contribution in [2.75, 3.05) is 13.2 Å². The van der Waals surface area contributed by atoms with Crippen molar-refractivity contribution in [2.24, 2.45) is 0 Å². The van der Waals surface area contributed by atoms with Gasteiger partial charge in [0, 0.05) is 0 Å². The zero-order valence-corrected chi connectivity index (χ0v) is 18.8. The van der Waals surface area contributed by atoms with E-state index in [0.29, 0.717) is 18.8 Å². The summed E-state index contributed by atoms with van der Waals surface area (Å²) in [6.07, 6.45) is 12.3. The van der Waals surface area contributed by atoms with Gasteiger partial charge in [0.1, 0.15) is 5.75 Å². The lowest BCUT2D eigenvalue weighted by atomic mass is 9.85. The Kier molecular flexibility index (Phi) is 9.04. The van der Waals surface area contributed by atoms with Gasteiger partial charge in [0.25, 0.3) is 0 Å². The molecule has 1 aliphatic carbocycles. The molecule has 0 fully saturated rings. The first-order chi connectivity index (χ1) is 14.7. The highest BCUT2D eigenvalue weighted by atomic mass is 19.1. The molecular formula is C27H37FO2. The van der Waals surface area contributed by atoms with Crippen molar-refractivity contribution in [3.8, 4) is 22.6 Å². The summed E-state index contributed by atoms with van der Waals surface area (Å²) >= 11 is 0. The van der Waals surface area contributed by atoms with Crippen LogP contribution in [0.2, 0.25) is 0 Å². The summed E-state index contributed by atoms with van der Waals surface area (Å²) in [7, 11) is 0. The zero-order valence-electron chi connectivity index (χ0n) is 18.8. The van der Waals surface area contributed by atoms with Crippen LogP contribution in [0.4, 0.5) is 4.39 Å². The molecule has 0 bridgehead atoms. The van der Waals surface area contributed by atoms with Crippen molar-refractivity contribution in [2.45, 2.75) is 84.5 Å². The van der Waals surface area contributed by atoms with Crippen LogP contribution in [0.1, 0.15) is 82.8 Å². The first kappa shape index (κ1) is 22.7. The number of fused-ring (bicyclic) bond motifs is 3. The number of unbranched alkanes of at least 4 members (excludes halogenated alkanes) is 7. The van der Waals surface area contributed by atoms with Gasteiger partial charge in [0.15, 0.2) is 11.6 Å². The lowest BCUT2D eigenvalue weighted by Gasteiger charge is -2.22. The Hall–Kier alpha value is -2.03. The van der Waals surface area contributed by atoms with E-state index in [1.54, 1.807) is 6.07 Å². The molecule has 3 heteroatoms. The average molecular weight is 413 g/mol. The van der Waals surface area contributed by atoms with Crippen molar-refractivity contribution in [3.63, 3.8) is 0 Å². The fourth-order valence-corrected chi connectivity index (χ4v) is 4.20. The highest BCUT2D eigenvalue weighted by Crippen LogP contribution is 2.39. The van der Waals surface area contributed by atoms with Crippen LogP contribution in [-0.2, 0) is 12.8 Å². The number of rotatable bonds is 13. The molecule has 0 amide bonds. The normalized spacial score (nSPS) is 12.4. The van der Waals surface area contributed by atoms with E-state index in [9.17, 15) is 0 Å². The van der Waals surface area contributed by atoms with Gasteiger partial charge in [0.05, 0.1) is 13.2 Å². The van der Waals surface area contributed by atoms with Crippen molar-refractivity contribution < 1.29 is 13.9 Å². The molecule has 0 atom stereocenters. The minimum Gasteiger partial charge on any atom is -0.494 e. The fraction of sp³-hybridized carbons (Fsp3) is 0.556. The predicted octanol–water partition coefficient (Wildman–Crippen LogP) is 7.90. The summed E-state index contributed by atoms with van der Waals surface area (Å²) in [6.45, 7) is 5.78. The fourth-order valence-electron chi connectivity index (χ4n) is 4.20. The molecule has 0 aliphatic heterocycles. The predicted molar refractivity (Wildman–Crippen MR) is 123 cm³/mol. The van der Waals surface area contributed by atoms with Crippen LogP contribution >= 0.6 is 0 Å². The minimum atomic E-state index is -0.180. The van der Waals surface area contributed by atoms with E-state index in [1.807, 2.05) is 12.1 Å². The number of aryl methyl sites for hydroxylation is 1. The van der Waals surface area contributed by atoms with Gasteiger partial charge in [-0.25, -0.2) is 4.39 Å². The second-order valence-corrected chi connectivity index (χ2v) is 8.39. The van der Waals surface area contributed by atoms with Crippen LogP contribution in [0.5, 0.6) is 11.5 Å². The van der Waals surface area contributed by atoms with Crippen molar-refractivity contribution in [1.29, 1.82) is 0 Å². The van der Waals surface area contributed by atoms with Gasteiger partial charge in [-0.3, -0.25) is 0 Å². The standard InChI is InChI=1S/C27H37FO2/c1-3-5-7-9-11-18-29-22-13-15-23-21(20-22)12-14-25-24(23)16-17-26(27(25)28)30-19-10-8-6-4-2/h13,15-17,20H,3-12,14,18-19H2,1-2H3. The van der Waals surface area contributed by atoms with Crippen LogP contribution in [0, 0.1) is 5.82 Å². The molecule has 30 heavy (non-hydrogen) atoms. The Bertz CT molecular complexity index is 800. The van der Waals surface area contributed by atoms with Gasteiger partial charge in [-0.15, -0.1) is 0 Å². The second kappa shape index (κ2) is 12.0. The van der Waals surface area contributed by atoms with Crippen LogP contribution in [-0.4, -0.2) is 13.2 Å². The summed E-state index contributed by atoms with van der Waals surface area (Å²) in [5.41, 5.74) is 4.16. The van der Waals surface area contributed by atoms with E-state index in [0.717, 1.165) is 54.7 Å². The average Bonchev–Trinajstić information content (AvgIpc) is 2.77. The lowest BCUT2D eigenvalue weighted by Crippen LogP contribution is -2.09. The minimum absolute atomic E-state index is 0.180. The molecule has 0 heterocycles. The van der Waals surface area contributed by atoms with E-state index in [2.05, 4.69) is 26.0 Å². The molecule has 0 radical (unpaired) electrons. The van der Waals surface area contributed by atoms with Gasteiger partial charge < -0.3 is 9.47 Å². The third-order valence-corrected chi connectivity index (χ3v) is 5.99. The van der Waals surface area contributed by atoms with Gasteiger partial charge in [-0.2, -0.15) is 0 Å². The van der Waals surface area contributed by atoms with E-state index >= 15 is 4.39 Å². The van der Waals surface area contributed by atoms with Crippen molar-refractivity contribution in [1.82, 2.24) is 0 Å². The van der Waals surface area contributed by atoms with Crippen LogP contribution < -0.4 is 9.47 Å². The van der Waals surface area contributed by atoms with Gasteiger partial charge >= 0.3 is 0 Å². The Labute approximate surface area is 181 Å². The first-order valence-electron chi connectivity index (χ1n) is 11.9. The SMILES string of the molecule is CCCCCCCOc1ccc2c(c1)CCc1c-2ccc(OCCCCCC)c1F. The molecule has 3 rings (SSSR count). The number of hydrogen-bond acceptors (Lipinski definition) is 2. The summed E-state index contributed by atoms with van der Waals surface area (Å²) in [5, 5.41) is 0. The molecule has 164 valence electrons. The molecule has 0 spiro atoms. The Morgan fingerprint density at radius 3 is 2.17 bits per heavy atom. The van der Waals surface area contributed by atoms with Crippen molar-refractivity contribution >= 4 is 0 Å². The first-order valence-corrected chi connectivity index (χ1v) is 11.9. The number of hydrogen-bond donors (Lipinski definition) is 0. The summed E-state index contributed by atoms with van der Waals surface area (Å²) in [4.78, 5) is 0. The van der Waals surface area contributed by atoms with Crippen LogP contribution in [0.15, 0.2) is 30.3 Å². The number of halogens is 1. The number of ether oxygens (including phenoxy) is 2. The third kappa shape index (κ3) is 6.00. The van der Waals surface area contributed by atoms with E-state index < -0.39 is 0 Å². The lowest BCUT2D eigenvalue weighted by molar-refractivity contribution is 0.289. The maximum Gasteiger partial charge on any atom is 0.168 e. The monoisotopic (exact) mass is 412 g/mol. The zero-order chi connectivity index (χ0) is 21.2. The summed E-state index contributed by atoms with van der Waals surface area (Å²) < 4.78 is 26.7. The molecule has 2 aromatic rings. The number of benzene rings is 2. The molecule has 0 aromatic heterocycles. The van der Waals surface area contributed by atoms with E-state index in [4.69, 9.17) is 9.47 Å².